The molecule has 0 bridgehead atoms. The Balaban J connectivity index is 5.24. The predicted octanol–water partition coefficient (Wildman–Crippen LogP) is 25.6. The van der Waals surface area contributed by atoms with Crippen LogP contribution in [-0.4, -0.2) is 96.7 Å². The lowest BCUT2D eigenvalue weighted by Crippen LogP contribution is -2.30. The Morgan fingerprint density at radius 2 is 0.447 bits per heavy atom. The van der Waals surface area contributed by atoms with Crippen LogP contribution in [0.5, 0.6) is 0 Å². The normalized spacial score (nSPS) is 13.8. The highest BCUT2D eigenvalue weighted by atomic mass is 31.2. The fraction of sp³-hybridized carbons (Fsp3) is 0.952. The molecule has 0 aliphatic carbocycles. The average Bonchev–Trinajstić information content (AvgIpc) is 0.918. The average molecular weight is 1510 g/mol. The van der Waals surface area contributed by atoms with Gasteiger partial charge in [0.2, 0.25) is 0 Å². The first-order valence-electron chi connectivity index (χ1n) is 43.6. The molecule has 0 fully saturated rings. The van der Waals surface area contributed by atoms with Crippen molar-refractivity contribution in [1.82, 2.24) is 0 Å². The van der Waals surface area contributed by atoms with Gasteiger partial charge in [-0.1, -0.05) is 401 Å². The summed E-state index contributed by atoms with van der Waals surface area (Å²) in [5.41, 5.74) is 0. The van der Waals surface area contributed by atoms with Gasteiger partial charge >= 0.3 is 39.5 Å². The van der Waals surface area contributed by atoms with E-state index in [-0.39, 0.29) is 25.7 Å². The second-order valence-electron chi connectivity index (χ2n) is 30.7. The quantitative estimate of drug-likeness (QED) is 0.0222. The molecule has 0 amide bonds. The number of phosphoric acid groups is 2. The molecule has 0 radical (unpaired) electrons. The fourth-order valence-electron chi connectivity index (χ4n) is 13.1. The molecule has 2 unspecified atom stereocenters. The van der Waals surface area contributed by atoms with Crippen molar-refractivity contribution in [3.8, 4) is 0 Å². The number of rotatable bonds is 84. The maximum absolute atomic E-state index is 13.1. The van der Waals surface area contributed by atoms with E-state index in [9.17, 15) is 43.2 Å². The summed E-state index contributed by atoms with van der Waals surface area (Å²) in [5, 5.41) is 10.7. The minimum Gasteiger partial charge on any atom is -0.462 e. The summed E-state index contributed by atoms with van der Waals surface area (Å²) in [5.74, 6) is -1.38. The molecular weight excluding hydrogens is 1340 g/mol. The second-order valence-corrected chi connectivity index (χ2v) is 33.6. The molecule has 0 aliphatic rings. The molecule has 103 heavy (non-hydrogen) atoms. The summed E-state index contributed by atoms with van der Waals surface area (Å²) in [4.78, 5) is 73.1. The van der Waals surface area contributed by atoms with Crippen LogP contribution in [0.4, 0.5) is 0 Å². The summed E-state index contributed by atoms with van der Waals surface area (Å²) >= 11 is 0. The van der Waals surface area contributed by atoms with Gasteiger partial charge in [-0.3, -0.25) is 37.3 Å². The van der Waals surface area contributed by atoms with Crippen molar-refractivity contribution in [2.24, 2.45) is 5.92 Å². The molecule has 5 atom stereocenters. The van der Waals surface area contributed by atoms with Crippen molar-refractivity contribution in [1.29, 1.82) is 0 Å². The van der Waals surface area contributed by atoms with Gasteiger partial charge in [0.1, 0.15) is 19.3 Å². The zero-order chi connectivity index (χ0) is 75.5. The number of aliphatic hydroxyl groups is 1. The van der Waals surface area contributed by atoms with E-state index in [2.05, 4.69) is 34.6 Å². The van der Waals surface area contributed by atoms with E-state index >= 15 is 0 Å². The maximum Gasteiger partial charge on any atom is 0.472 e. The van der Waals surface area contributed by atoms with Gasteiger partial charge in [-0.2, -0.15) is 0 Å². The van der Waals surface area contributed by atoms with Crippen LogP contribution in [0.2, 0.25) is 0 Å². The smallest absolute Gasteiger partial charge is 0.462 e. The van der Waals surface area contributed by atoms with E-state index in [1.165, 1.54) is 276 Å². The summed E-state index contributed by atoms with van der Waals surface area (Å²) in [6, 6.07) is 0. The van der Waals surface area contributed by atoms with Gasteiger partial charge < -0.3 is 33.8 Å². The highest BCUT2D eigenvalue weighted by Crippen LogP contribution is 2.45. The van der Waals surface area contributed by atoms with Crippen LogP contribution in [0.25, 0.3) is 0 Å². The standard InChI is InChI=1S/C84H164O17P2/c1-6-9-12-15-18-21-24-27-30-32-34-36-38-41-43-46-52-57-62-67-81(86)94-73-79(100-84(89)70-65-60-55-48-45-42-39-37-35-33-31-28-25-22-19-16-13-10-7-2)75-98-102(90,91)96-71-78(85)72-97-103(92,93)99-76-80(74-95-82(87)68-63-58-53-50-49-51-56-61-66-77(4)5)101-83(88)69-64-59-54-47-44-40-29-26-23-20-17-14-11-8-3/h77-80,85H,6-76H2,1-5H3,(H,90,91)(H,92,93)/t78-,79-,80-/m1/s1. The topological polar surface area (TPSA) is 237 Å². The Morgan fingerprint density at radius 3 is 0.660 bits per heavy atom. The molecule has 0 spiro atoms. The van der Waals surface area contributed by atoms with Gasteiger partial charge in [-0.25, -0.2) is 9.13 Å². The molecule has 3 N–H and O–H groups in total. The van der Waals surface area contributed by atoms with Crippen molar-refractivity contribution >= 4 is 39.5 Å². The summed E-state index contributed by atoms with van der Waals surface area (Å²) in [6.07, 6.45) is 69.5. The Labute approximate surface area is 632 Å². The Kier molecular flexibility index (Phi) is 75.4. The first-order chi connectivity index (χ1) is 50.0. The molecule has 0 rings (SSSR count). The number of ether oxygens (including phenoxy) is 4. The molecule has 612 valence electrons. The number of hydrogen-bond acceptors (Lipinski definition) is 15. The number of phosphoric ester groups is 2. The molecule has 17 nitrogen and oxygen atoms in total. The molecule has 0 saturated carbocycles. The lowest BCUT2D eigenvalue weighted by atomic mass is 10.0. The van der Waals surface area contributed by atoms with Crippen LogP contribution in [-0.2, 0) is 65.4 Å². The minimum atomic E-state index is -4.96. The van der Waals surface area contributed by atoms with E-state index in [0.717, 1.165) is 95.8 Å². The first kappa shape index (κ1) is 101. The molecule has 0 aliphatic heterocycles. The third-order valence-corrected chi connectivity index (χ3v) is 21.7. The number of esters is 4. The van der Waals surface area contributed by atoms with E-state index in [1.54, 1.807) is 0 Å². The number of aliphatic hydroxyl groups excluding tert-OH is 1. The lowest BCUT2D eigenvalue weighted by molar-refractivity contribution is -0.161. The molecule has 0 saturated heterocycles. The van der Waals surface area contributed by atoms with E-state index in [0.29, 0.717) is 25.7 Å². The Morgan fingerprint density at radius 1 is 0.262 bits per heavy atom. The van der Waals surface area contributed by atoms with Crippen LogP contribution in [0.3, 0.4) is 0 Å². The third kappa shape index (κ3) is 78.0. The van der Waals surface area contributed by atoms with Crippen molar-refractivity contribution in [3.63, 3.8) is 0 Å². The highest BCUT2D eigenvalue weighted by molar-refractivity contribution is 7.47. The summed E-state index contributed by atoms with van der Waals surface area (Å²) < 4.78 is 68.8. The van der Waals surface area contributed by atoms with E-state index in [1.807, 2.05) is 0 Å². The summed E-state index contributed by atoms with van der Waals surface area (Å²) in [7, 11) is -9.92. The van der Waals surface area contributed by atoms with Crippen LogP contribution in [0, 0.1) is 5.92 Å². The number of hydrogen-bond donors (Lipinski definition) is 3. The second kappa shape index (κ2) is 76.8. The largest absolute Gasteiger partial charge is 0.472 e. The van der Waals surface area contributed by atoms with Crippen LogP contribution in [0.1, 0.15) is 452 Å². The van der Waals surface area contributed by atoms with Crippen molar-refractivity contribution in [2.75, 3.05) is 39.6 Å². The fourth-order valence-corrected chi connectivity index (χ4v) is 14.7. The van der Waals surface area contributed by atoms with Crippen LogP contribution >= 0.6 is 15.6 Å². The SMILES string of the molecule is CCCCCCCCCCCCCCCCCCCCCC(=O)OC[C@H](COP(=O)(O)OC[C@@H](O)COP(=O)(O)OC[C@@H](COC(=O)CCCCCCCCCCC(C)C)OC(=O)CCCCCCCCCCCCCCCC)OC(=O)CCCCCCCCCCCCCCCCCCCCC. The third-order valence-electron chi connectivity index (χ3n) is 19.8. The summed E-state index contributed by atoms with van der Waals surface area (Å²) in [6.45, 7) is 7.32. The monoisotopic (exact) mass is 1510 g/mol. The number of unbranched alkanes of at least 4 members (excludes halogenated alkanes) is 56. The predicted molar refractivity (Wildman–Crippen MR) is 423 cm³/mol. The van der Waals surface area contributed by atoms with Gasteiger partial charge in [-0.15, -0.1) is 0 Å². The Hall–Kier alpha value is -1.94. The van der Waals surface area contributed by atoms with Crippen LogP contribution < -0.4 is 0 Å². The van der Waals surface area contributed by atoms with Gasteiger partial charge in [-0.05, 0) is 31.6 Å². The van der Waals surface area contributed by atoms with Gasteiger partial charge in [0.05, 0.1) is 26.4 Å². The minimum absolute atomic E-state index is 0.108. The van der Waals surface area contributed by atoms with Crippen molar-refractivity contribution < 1.29 is 80.2 Å². The first-order valence-corrected chi connectivity index (χ1v) is 46.6. The highest BCUT2D eigenvalue weighted by Gasteiger charge is 2.30. The Bertz CT molecular complexity index is 1960. The number of carbonyl (C=O) groups excluding carboxylic acids is 4. The van der Waals surface area contributed by atoms with Crippen LogP contribution in [0.15, 0.2) is 0 Å². The molecular formula is C84H164O17P2. The number of carbonyl (C=O) groups is 4. The van der Waals surface area contributed by atoms with Gasteiger partial charge in [0.15, 0.2) is 12.2 Å². The molecule has 0 heterocycles. The molecule has 0 aromatic heterocycles. The molecule has 19 heteroatoms. The van der Waals surface area contributed by atoms with E-state index in [4.69, 9.17) is 37.0 Å². The van der Waals surface area contributed by atoms with Crippen molar-refractivity contribution in [2.45, 2.75) is 470 Å². The lowest BCUT2D eigenvalue weighted by Gasteiger charge is -2.21. The zero-order valence-electron chi connectivity index (χ0n) is 67.5. The molecule has 0 aromatic rings. The molecule has 0 aromatic carbocycles. The van der Waals surface area contributed by atoms with Gasteiger partial charge in [0.25, 0.3) is 0 Å². The maximum atomic E-state index is 13.1. The van der Waals surface area contributed by atoms with E-state index < -0.39 is 97.5 Å². The zero-order valence-corrected chi connectivity index (χ0v) is 69.3. The van der Waals surface area contributed by atoms with Crippen molar-refractivity contribution in [3.05, 3.63) is 0 Å². The van der Waals surface area contributed by atoms with Gasteiger partial charge in [0, 0.05) is 25.7 Å².